The number of hydrogen-bond acceptors (Lipinski definition) is 12. The Hall–Kier alpha value is -6.06. The molecule has 2 aromatic heterocycles. The average Bonchev–Trinajstić information content (AvgIpc) is 2.08. The van der Waals surface area contributed by atoms with Gasteiger partial charge in [-0.25, -0.2) is 9.97 Å². The summed E-state index contributed by atoms with van der Waals surface area (Å²) in [5, 5.41) is 8.63. The molecule has 0 saturated carbocycles. The summed E-state index contributed by atoms with van der Waals surface area (Å²) in [6.07, 6.45) is 8.89. The van der Waals surface area contributed by atoms with E-state index in [0.717, 1.165) is 149 Å². The van der Waals surface area contributed by atoms with Crippen molar-refractivity contribution in [3.8, 4) is 0 Å². The van der Waals surface area contributed by atoms with Gasteiger partial charge >= 0.3 is 0 Å². The molecule has 3 N–H and O–H groups in total. The second-order valence-electron chi connectivity index (χ2n) is 22.8. The van der Waals surface area contributed by atoms with Gasteiger partial charge in [-0.1, -0.05) is 85.7 Å². The van der Waals surface area contributed by atoms with Gasteiger partial charge in [0.2, 0.25) is 17.7 Å². The van der Waals surface area contributed by atoms with Crippen molar-refractivity contribution in [1.29, 1.82) is 0 Å². The third-order valence-corrected chi connectivity index (χ3v) is 16.4. The van der Waals surface area contributed by atoms with Crippen LogP contribution in [0.3, 0.4) is 0 Å². The highest BCUT2D eigenvalue weighted by Crippen LogP contribution is 2.33. The number of benzene rings is 4. The number of carbonyl (C=O) groups is 4. The van der Waals surface area contributed by atoms with Crippen molar-refractivity contribution in [3.63, 3.8) is 0 Å². The molecule has 0 bridgehead atoms. The largest absolute Gasteiger partial charge is 0.385 e. The van der Waals surface area contributed by atoms with Crippen molar-refractivity contribution in [3.05, 3.63) is 124 Å². The first-order chi connectivity index (χ1) is 41.4. The van der Waals surface area contributed by atoms with Crippen LogP contribution in [0.2, 0.25) is 0 Å². The SMILES string of the molecule is C.CNCCNC.COCCCn1c([C@@H]2CCCN(C(=O)C[C@H](C)Cc3ccc(Br)cc3)C2)nc2ccccc21.COCCCn1c([C@@H]2CCCN(C(=O)C[C@H](C)Cc3ccc(N4CCOCC4=O)cc3)C2)nc2ccccc21.O=C1COCCN1. The van der Waals surface area contributed by atoms with E-state index >= 15 is 0 Å². The number of methoxy groups -OCH3 is 2. The number of anilines is 1. The standard InChI is InChI=1S/C31H40N4O4.C27H34BrN3O2.C4H12N2.C4H7NO2.CH4/c1-23(19-24-10-12-26(13-11-24)34-16-18-39-22-30(34)37)20-29(36)33-14-5-7-25(21-33)31-32-27-8-3-4-9-28(27)35(31)15-6-17-38-2;1-20(17-21-10-12-23(28)13-11-21)18-26(32)30-14-5-7-22(19-30)27-29-24-8-3-4-9-25(24)31(27)15-6-16-33-2;1-5-3-4-6-2;6-4-3-7-2-1-5-4;/h3-4,8-13,23,25H,5-7,14-22H2,1-2H3;3-4,8-13,20,22H,5-7,14-19H2,1-2H3;5-6H,3-4H2,1-2H3;1-3H2,(H,5,6);1H4/t23-,25-;20-,22-;;;/m11.../s1. The lowest BCUT2D eigenvalue weighted by Crippen LogP contribution is -2.41. The van der Waals surface area contributed by atoms with Crippen molar-refractivity contribution in [2.45, 2.75) is 110 Å². The van der Waals surface area contributed by atoms with Gasteiger partial charge in [-0.05, 0) is 137 Å². The number of carbonyl (C=O) groups excluding carboxylic acids is 4. The Morgan fingerprint density at radius 1 is 0.663 bits per heavy atom. The quantitative estimate of drug-likeness (QED) is 0.0548. The maximum absolute atomic E-state index is 13.4. The number of morpholine rings is 2. The molecule has 0 unspecified atom stereocenters. The summed E-state index contributed by atoms with van der Waals surface area (Å²) in [4.78, 5) is 64.8. The average molecular weight is 1250 g/mol. The van der Waals surface area contributed by atoms with Crippen LogP contribution in [-0.4, -0.2) is 173 Å². The van der Waals surface area contributed by atoms with Crippen molar-refractivity contribution in [2.75, 3.05) is 125 Å². The molecule has 4 fully saturated rings. The molecule has 4 atom stereocenters. The molecule has 0 aliphatic carbocycles. The smallest absolute Gasteiger partial charge is 0.253 e. The Morgan fingerprint density at radius 2 is 1.14 bits per heavy atom. The van der Waals surface area contributed by atoms with E-state index in [-0.39, 0.29) is 62.0 Å². The second kappa shape index (κ2) is 36.9. The van der Waals surface area contributed by atoms with Crippen LogP contribution >= 0.6 is 15.9 Å². The van der Waals surface area contributed by atoms with E-state index in [1.807, 2.05) is 38.4 Å². The summed E-state index contributed by atoms with van der Waals surface area (Å²) in [5.74, 6) is 3.76. The molecular formula is C67H97BrN10O8. The molecule has 0 radical (unpaired) electrons. The molecule has 18 nitrogen and oxygen atoms in total. The fraction of sp³-hybridized carbons (Fsp3) is 0.552. The second-order valence-corrected chi connectivity index (χ2v) is 23.7. The van der Waals surface area contributed by atoms with Crippen LogP contribution in [-0.2, 0) is 64.1 Å². The van der Waals surface area contributed by atoms with Gasteiger partial charge in [-0.15, -0.1) is 0 Å². The van der Waals surface area contributed by atoms with Crippen molar-refractivity contribution in [2.24, 2.45) is 11.8 Å². The van der Waals surface area contributed by atoms with Gasteiger partial charge in [0.15, 0.2) is 0 Å². The molecule has 4 aliphatic heterocycles. The van der Waals surface area contributed by atoms with E-state index in [4.69, 9.17) is 28.9 Å². The minimum Gasteiger partial charge on any atom is -0.385 e. The predicted molar refractivity (Wildman–Crippen MR) is 347 cm³/mol. The fourth-order valence-corrected chi connectivity index (χ4v) is 11.9. The van der Waals surface area contributed by atoms with Gasteiger partial charge in [0, 0.05) is 128 Å². The Bertz CT molecular complexity index is 2980. The number of aryl methyl sites for hydroxylation is 2. The van der Waals surface area contributed by atoms with Gasteiger partial charge in [0.1, 0.15) is 24.9 Å². The number of fused-ring (bicyclic) bond motifs is 2. The summed E-state index contributed by atoms with van der Waals surface area (Å²) in [6, 6.07) is 33.2. The Kier molecular flexibility index (Phi) is 29.7. The molecular weight excluding hydrogens is 1150 g/mol. The Balaban J connectivity index is 0.000000227. The Morgan fingerprint density at radius 3 is 1.57 bits per heavy atom. The number of hydrogen-bond donors (Lipinski definition) is 3. The van der Waals surface area contributed by atoms with Crippen LogP contribution in [0.1, 0.15) is 107 Å². The summed E-state index contributed by atoms with van der Waals surface area (Å²) in [5.41, 5.74) is 7.76. The highest BCUT2D eigenvalue weighted by atomic mass is 79.9. The zero-order chi connectivity index (χ0) is 60.3. The molecule has 6 aromatic rings. The van der Waals surface area contributed by atoms with E-state index in [2.05, 4.69) is 137 Å². The maximum atomic E-state index is 13.4. The topological polar surface area (TPSA) is 187 Å². The molecule has 19 heteroatoms. The number of halogens is 1. The van der Waals surface area contributed by atoms with Crippen LogP contribution in [0.5, 0.6) is 0 Å². The van der Waals surface area contributed by atoms with Crippen LogP contribution in [0, 0.1) is 11.8 Å². The van der Waals surface area contributed by atoms with Crippen molar-refractivity contribution < 1.29 is 38.1 Å². The van der Waals surface area contributed by atoms with Gasteiger partial charge in [0.05, 0.1) is 35.3 Å². The number of likely N-dealkylation sites (tertiary alicyclic amines) is 2. The predicted octanol–water partition coefficient (Wildman–Crippen LogP) is 9.42. The molecule has 470 valence electrons. The zero-order valence-corrected chi connectivity index (χ0v) is 52.8. The van der Waals surface area contributed by atoms with E-state index in [0.29, 0.717) is 51.7 Å². The number of amides is 4. The van der Waals surface area contributed by atoms with Gasteiger partial charge in [-0.3, -0.25) is 19.2 Å². The molecule has 4 saturated heterocycles. The maximum Gasteiger partial charge on any atom is 0.253 e. The number of para-hydroxylation sites is 4. The van der Waals surface area contributed by atoms with Gasteiger partial charge in [-0.2, -0.15) is 0 Å². The first-order valence-corrected chi connectivity index (χ1v) is 31.5. The highest BCUT2D eigenvalue weighted by molar-refractivity contribution is 9.10. The van der Waals surface area contributed by atoms with E-state index in [9.17, 15) is 19.2 Å². The summed E-state index contributed by atoms with van der Waals surface area (Å²) in [6.45, 7) is 15.6. The third kappa shape index (κ3) is 21.1. The number of rotatable bonds is 22. The van der Waals surface area contributed by atoms with Crippen LogP contribution in [0.4, 0.5) is 5.69 Å². The highest BCUT2D eigenvalue weighted by Gasteiger charge is 2.31. The molecule has 4 aliphatic rings. The number of nitrogens with one attached hydrogen (secondary N) is 3. The van der Waals surface area contributed by atoms with E-state index in [1.165, 1.54) is 16.6 Å². The van der Waals surface area contributed by atoms with Crippen molar-refractivity contribution >= 4 is 67.3 Å². The number of aromatic nitrogens is 4. The molecule has 86 heavy (non-hydrogen) atoms. The lowest BCUT2D eigenvalue weighted by molar-refractivity contribution is -0.134. The first kappa shape index (κ1) is 69.0. The minimum atomic E-state index is -0.00810. The molecule has 4 amide bonds. The normalized spacial score (nSPS) is 17.7. The fourth-order valence-electron chi connectivity index (χ4n) is 11.6. The van der Waals surface area contributed by atoms with Gasteiger partial charge in [0.25, 0.3) is 5.91 Å². The van der Waals surface area contributed by atoms with Crippen LogP contribution in [0.15, 0.2) is 102 Å². The van der Waals surface area contributed by atoms with Crippen LogP contribution < -0.4 is 20.9 Å². The van der Waals surface area contributed by atoms with Crippen LogP contribution in [0.25, 0.3) is 22.1 Å². The number of ether oxygens (including phenoxy) is 4. The van der Waals surface area contributed by atoms with E-state index < -0.39 is 0 Å². The zero-order valence-electron chi connectivity index (χ0n) is 51.2. The lowest BCUT2D eigenvalue weighted by Gasteiger charge is -2.33. The van der Waals surface area contributed by atoms with Gasteiger partial charge < -0.3 is 58.7 Å². The summed E-state index contributed by atoms with van der Waals surface area (Å²) in [7, 11) is 7.37. The molecule has 10 rings (SSSR count). The number of piperidine rings is 2. The molecule has 4 aromatic carbocycles. The monoisotopic (exact) mass is 1250 g/mol. The molecule has 0 spiro atoms. The molecule has 6 heterocycles. The van der Waals surface area contributed by atoms with E-state index in [1.54, 1.807) is 19.1 Å². The number of imidazole rings is 2. The number of nitrogens with zero attached hydrogens (tertiary/aromatic N) is 7. The van der Waals surface area contributed by atoms with Crippen molar-refractivity contribution in [1.82, 2.24) is 44.9 Å². The Labute approximate surface area is 519 Å². The first-order valence-electron chi connectivity index (χ1n) is 30.7. The number of likely N-dealkylation sites (N-methyl/N-ethyl adjacent to an activating group) is 2. The third-order valence-electron chi connectivity index (χ3n) is 15.9. The minimum absolute atomic E-state index is 0. The summed E-state index contributed by atoms with van der Waals surface area (Å²) >= 11 is 3.49. The summed E-state index contributed by atoms with van der Waals surface area (Å²) < 4.78 is 26.4. The lowest BCUT2D eigenvalue weighted by atomic mass is 9.94.